The topological polar surface area (TPSA) is 103 Å². The average molecular weight is 646 g/mol. The largest absolute Gasteiger partial charge is 0.416 e. The molecule has 3 heterocycles. The molecule has 1 fully saturated rings. The van der Waals surface area contributed by atoms with Gasteiger partial charge >= 0.3 is 6.18 Å². The van der Waals surface area contributed by atoms with Gasteiger partial charge in [-0.05, 0) is 98.5 Å². The number of alkyl halides is 3. The number of hydrogen-bond donors (Lipinski definition) is 0. The predicted octanol–water partition coefficient (Wildman–Crippen LogP) is 11.7. The van der Waals surface area contributed by atoms with E-state index in [0.717, 1.165) is 64.3 Å². The molecule has 1 aliphatic rings. The van der Waals surface area contributed by atoms with E-state index >= 15 is 0 Å². The van der Waals surface area contributed by atoms with E-state index in [1.54, 1.807) is 23.5 Å². The Morgan fingerprint density at radius 3 is 1.96 bits per heavy atom. The minimum absolute atomic E-state index is 0.286. The van der Waals surface area contributed by atoms with Crippen molar-refractivity contribution in [1.29, 1.82) is 0 Å². The molecule has 1 saturated heterocycles. The van der Waals surface area contributed by atoms with Crippen LogP contribution in [0.15, 0.2) is 103 Å². The number of nitrogens with zero attached hydrogens (tertiary/aromatic N) is 9. The number of halogens is 3. The Kier molecular flexibility index (Phi) is 8.85. The molecule has 0 unspecified atom stereocenters. The van der Waals surface area contributed by atoms with Crippen LogP contribution in [-0.4, -0.2) is 22.4 Å². The Balaban J connectivity index is 1.07. The Labute approximate surface area is 265 Å². The number of aromatic nitrogens is 2. The van der Waals surface area contributed by atoms with Gasteiger partial charge in [-0.2, -0.15) is 32.8 Å². The number of benzene rings is 3. The van der Waals surface area contributed by atoms with Gasteiger partial charge in [0.25, 0.3) is 0 Å². The maximum Gasteiger partial charge on any atom is 0.416 e. The Bertz CT molecular complexity index is 1890. The van der Waals surface area contributed by atoms with E-state index in [4.69, 9.17) is 0 Å². The summed E-state index contributed by atoms with van der Waals surface area (Å²) in [6.07, 6.45) is -1.92. The van der Waals surface area contributed by atoms with Crippen molar-refractivity contribution in [2.24, 2.45) is 30.7 Å². The van der Waals surface area contributed by atoms with E-state index in [0.29, 0.717) is 16.9 Å². The highest BCUT2D eigenvalue weighted by atomic mass is 32.1. The first-order chi connectivity index (χ1) is 21.7. The lowest BCUT2D eigenvalue weighted by molar-refractivity contribution is -0.137. The van der Waals surface area contributed by atoms with Gasteiger partial charge in [-0.15, -0.1) is 20.5 Å². The fourth-order valence-corrected chi connectivity index (χ4v) is 6.00. The van der Waals surface area contributed by atoms with Gasteiger partial charge in [0.15, 0.2) is 5.82 Å². The van der Waals surface area contributed by atoms with Gasteiger partial charge in [0.2, 0.25) is 5.13 Å². The van der Waals surface area contributed by atoms with Crippen molar-refractivity contribution in [3.05, 3.63) is 89.5 Å². The van der Waals surface area contributed by atoms with Crippen LogP contribution >= 0.6 is 22.9 Å². The van der Waals surface area contributed by atoms with Gasteiger partial charge in [0.1, 0.15) is 5.00 Å². The highest BCUT2D eigenvalue weighted by Gasteiger charge is 2.30. The summed E-state index contributed by atoms with van der Waals surface area (Å²) in [5, 5.41) is 28.4. The molecule has 0 spiro atoms. The molecular formula is C31H26F3N9S2. The minimum atomic E-state index is -4.40. The fourth-order valence-electron chi connectivity index (χ4n) is 4.60. The Morgan fingerprint density at radius 1 is 0.711 bits per heavy atom. The van der Waals surface area contributed by atoms with E-state index in [-0.39, 0.29) is 11.0 Å². The summed E-state index contributed by atoms with van der Waals surface area (Å²) in [6, 6.07) is 19.9. The quantitative estimate of drug-likeness (QED) is 0.157. The normalized spacial score (nSPS) is 14.1. The molecule has 0 aliphatic carbocycles. The molecule has 5 aromatic rings. The van der Waals surface area contributed by atoms with E-state index in [2.05, 4.69) is 51.0 Å². The Hall–Kier alpha value is -4.69. The summed E-state index contributed by atoms with van der Waals surface area (Å²) in [7, 11) is 0. The smallest absolute Gasteiger partial charge is 0.363 e. The van der Waals surface area contributed by atoms with Crippen LogP contribution in [0.5, 0.6) is 0 Å². The minimum Gasteiger partial charge on any atom is -0.363 e. The molecule has 9 nitrogen and oxygen atoms in total. The number of azo groups is 3. The van der Waals surface area contributed by atoms with Crippen LogP contribution in [0.4, 0.5) is 51.1 Å². The van der Waals surface area contributed by atoms with Crippen LogP contribution < -0.4 is 4.90 Å². The van der Waals surface area contributed by atoms with Crippen LogP contribution in [0.3, 0.4) is 0 Å². The summed E-state index contributed by atoms with van der Waals surface area (Å²) >= 11 is 2.66. The fraction of sp³-hybridized carbons (Fsp3) is 0.226. The van der Waals surface area contributed by atoms with Crippen molar-refractivity contribution >= 4 is 60.8 Å². The molecule has 14 heteroatoms. The number of anilines is 1. The third-order valence-corrected chi connectivity index (χ3v) is 8.65. The second-order valence-electron chi connectivity index (χ2n) is 10.3. The zero-order valence-corrected chi connectivity index (χ0v) is 25.9. The number of aryl methyl sites for hydroxylation is 2. The number of rotatable bonds is 8. The van der Waals surface area contributed by atoms with E-state index < -0.39 is 11.7 Å². The van der Waals surface area contributed by atoms with Gasteiger partial charge < -0.3 is 4.90 Å². The second kappa shape index (κ2) is 13.1. The van der Waals surface area contributed by atoms with Gasteiger partial charge in [0.05, 0.1) is 33.3 Å². The lowest BCUT2D eigenvalue weighted by Crippen LogP contribution is -2.15. The molecule has 6 rings (SSSR count). The Morgan fingerprint density at radius 2 is 1.33 bits per heavy atom. The van der Waals surface area contributed by atoms with Crippen molar-refractivity contribution < 1.29 is 13.2 Å². The molecule has 0 radical (unpaired) electrons. The third kappa shape index (κ3) is 7.52. The van der Waals surface area contributed by atoms with E-state index in [9.17, 15) is 13.2 Å². The highest BCUT2D eigenvalue weighted by Crippen LogP contribution is 2.36. The summed E-state index contributed by atoms with van der Waals surface area (Å²) in [6.45, 7) is 6.04. The predicted molar refractivity (Wildman–Crippen MR) is 171 cm³/mol. The third-order valence-electron chi connectivity index (χ3n) is 7.02. The first kappa shape index (κ1) is 30.3. The van der Waals surface area contributed by atoms with Crippen molar-refractivity contribution in [2.75, 3.05) is 18.0 Å². The van der Waals surface area contributed by atoms with Crippen molar-refractivity contribution in [1.82, 2.24) is 9.36 Å². The van der Waals surface area contributed by atoms with Crippen LogP contribution in [0.1, 0.15) is 29.5 Å². The van der Waals surface area contributed by atoms with Crippen LogP contribution in [0.25, 0.3) is 11.4 Å². The first-order valence-electron chi connectivity index (χ1n) is 14.0. The molecule has 0 bridgehead atoms. The SMILES string of the molecule is Cc1cc(/N=N/c2ccc(N3CCCC3)s2)ccc1/N=N/c1ccc(/N=N/c2nc(-c3ccc(C(F)(F)F)cc3)ns2)c(C)c1. The lowest BCUT2D eigenvalue weighted by atomic mass is 10.1. The maximum atomic E-state index is 12.8. The van der Waals surface area contributed by atoms with Crippen LogP contribution in [0.2, 0.25) is 0 Å². The van der Waals surface area contributed by atoms with E-state index in [1.165, 1.54) is 30.0 Å². The first-order valence-corrected chi connectivity index (χ1v) is 15.6. The van der Waals surface area contributed by atoms with Crippen molar-refractivity contribution in [2.45, 2.75) is 32.9 Å². The maximum absolute atomic E-state index is 12.8. The molecule has 0 N–H and O–H groups in total. The van der Waals surface area contributed by atoms with Crippen LogP contribution in [0, 0.1) is 13.8 Å². The van der Waals surface area contributed by atoms with E-state index in [1.807, 2.05) is 44.2 Å². The zero-order chi connectivity index (χ0) is 31.4. The molecule has 0 atom stereocenters. The molecule has 45 heavy (non-hydrogen) atoms. The van der Waals surface area contributed by atoms with Gasteiger partial charge in [-0.3, -0.25) is 0 Å². The summed E-state index contributed by atoms with van der Waals surface area (Å²) in [4.78, 5) is 6.66. The number of hydrogen-bond acceptors (Lipinski definition) is 11. The average Bonchev–Trinajstić information content (AvgIpc) is 3.81. The van der Waals surface area contributed by atoms with Crippen LogP contribution in [-0.2, 0) is 6.18 Å². The highest BCUT2D eigenvalue weighted by molar-refractivity contribution is 7.19. The summed E-state index contributed by atoms with van der Waals surface area (Å²) in [5.41, 5.74) is 4.23. The second-order valence-corrected chi connectivity index (χ2v) is 12.1. The molecule has 0 amide bonds. The summed E-state index contributed by atoms with van der Waals surface area (Å²) in [5.74, 6) is 0.288. The summed E-state index contributed by atoms with van der Waals surface area (Å²) < 4.78 is 42.7. The molecule has 2 aromatic heterocycles. The molecule has 3 aromatic carbocycles. The van der Waals surface area contributed by atoms with Gasteiger partial charge in [-0.25, -0.2) is 0 Å². The number of thiophene rings is 1. The molecule has 0 saturated carbocycles. The lowest BCUT2D eigenvalue weighted by Gasteiger charge is -2.13. The van der Waals surface area contributed by atoms with Gasteiger partial charge in [-0.1, -0.05) is 23.5 Å². The van der Waals surface area contributed by atoms with Gasteiger partial charge in [0, 0.05) is 30.2 Å². The van der Waals surface area contributed by atoms with Crippen molar-refractivity contribution in [3.8, 4) is 11.4 Å². The molecule has 228 valence electrons. The van der Waals surface area contributed by atoms with Crippen molar-refractivity contribution in [3.63, 3.8) is 0 Å². The standard InChI is InChI=1S/C31H26F3N9S2/c1-19-18-24(37-40-27-13-14-28(44-27)43-15-3-4-16-43)10-11-25(19)38-36-23-9-12-26(20(2)17-23)39-41-30-35-29(42-45-30)21-5-7-22(8-6-21)31(32,33)34/h5-14,17-18H,3-4,15-16H2,1-2H3/b38-36+,40-37+,41-39+. The zero-order valence-electron chi connectivity index (χ0n) is 24.2. The molecular weight excluding hydrogens is 620 g/mol. The monoisotopic (exact) mass is 645 g/mol. The molecule has 1 aliphatic heterocycles.